The quantitative estimate of drug-likeness (QED) is 0.413. The van der Waals surface area contributed by atoms with Gasteiger partial charge in [0.15, 0.2) is 0 Å². The Morgan fingerprint density at radius 1 is 1.17 bits per heavy atom. The molecule has 2 aromatic carbocycles. The van der Waals surface area contributed by atoms with Gasteiger partial charge in [0, 0.05) is 17.1 Å². The molecule has 0 unspecified atom stereocenters. The fraction of sp³-hybridized carbons (Fsp3) is 0.304. The van der Waals surface area contributed by atoms with Gasteiger partial charge in [0.2, 0.25) is 0 Å². The first-order chi connectivity index (χ1) is 14.3. The molecule has 0 radical (unpaired) electrons. The van der Waals surface area contributed by atoms with Crippen LogP contribution in [0.25, 0.3) is 5.76 Å². The largest absolute Gasteiger partial charge is 0.507 e. The van der Waals surface area contributed by atoms with Gasteiger partial charge < -0.3 is 19.6 Å². The molecule has 1 N–H and O–H groups in total. The molecule has 30 heavy (non-hydrogen) atoms. The smallest absolute Gasteiger partial charge is 0.295 e. The van der Waals surface area contributed by atoms with Crippen LogP contribution in [0.2, 0.25) is 5.02 Å². The van der Waals surface area contributed by atoms with E-state index in [1.807, 2.05) is 19.0 Å². The maximum Gasteiger partial charge on any atom is 0.295 e. The van der Waals surface area contributed by atoms with Gasteiger partial charge in [0.25, 0.3) is 11.7 Å². The summed E-state index contributed by atoms with van der Waals surface area (Å²) >= 11 is 6.03. The highest BCUT2D eigenvalue weighted by atomic mass is 35.5. The number of nitrogens with zero attached hydrogens (tertiary/aromatic N) is 2. The Kier molecular flexibility index (Phi) is 6.80. The molecule has 0 bridgehead atoms. The number of rotatable bonds is 7. The molecule has 0 aliphatic carbocycles. The van der Waals surface area contributed by atoms with Crippen molar-refractivity contribution in [3.05, 3.63) is 70.3 Å². The Balaban J connectivity index is 2.09. The maximum atomic E-state index is 13.0. The van der Waals surface area contributed by atoms with Crippen LogP contribution in [0.15, 0.2) is 54.1 Å². The first-order valence-corrected chi connectivity index (χ1v) is 10.0. The molecular weight excluding hydrogens is 404 g/mol. The van der Waals surface area contributed by atoms with Crippen LogP contribution in [0.3, 0.4) is 0 Å². The van der Waals surface area contributed by atoms with Gasteiger partial charge in [-0.2, -0.15) is 0 Å². The number of Topliss-reactive ketones (excluding diaryl/α,β-unsaturated/α-hetero) is 1. The summed E-state index contributed by atoms with van der Waals surface area (Å²) in [6.07, 6.45) is 0.698. The molecule has 1 fully saturated rings. The zero-order chi connectivity index (χ0) is 21.8. The second kappa shape index (κ2) is 9.32. The van der Waals surface area contributed by atoms with Crippen LogP contribution in [-0.4, -0.2) is 60.9 Å². The van der Waals surface area contributed by atoms with Crippen LogP contribution in [0.5, 0.6) is 5.75 Å². The molecule has 1 amide bonds. The number of likely N-dealkylation sites (tertiary alicyclic amines) is 1. The van der Waals surface area contributed by atoms with E-state index in [1.54, 1.807) is 48.5 Å². The minimum absolute atomic E-state index is 0.0698. The van der Waals surface area contributed by atoms with Gasteiger partial charge in [-0.1, -0.05) is 35.9 Å². The van der Waals surface area contributed by atoms with Gasteiger partial charge in [-0.25, -0.2) is 0 Å². The first kappa shape index (κ1) is 21.9. The first-order valence-electron chi connectivity index (χ1n) is 9.66. The summed E-state index contributed by atoms with van der Waals surface area (Å²) in [6, 6.07) is 13.1. The summed E-state index contributed by atoms with van der Waals surface area (Å²) in [5.74, 6) is -0.983. The van der Waals surface area contributed by atoms with Crippen molar-refractivity contribution in [2.24, 2.45) is 0 Å². The van der Waals surface area contributed by atoms with Crippen LogP contribution in [-0.2, 0) is 9.59 Å². The lowest BCUT2D eigenvalue weighted by Crippen LogP contribution is -2.32. The molecule has 1 aliphatic heterocycles. The zero-order valence-corrected chi connectivity index (χ0v) is 18.0. The predicted molar refractivity (Wildman–Crippen MR) is 117 cm³/mol. The van der Waals surface area contributed by atoms with Crippen molar-refractivity contribution < 1.29 is 19.4 Å². The van der Waals surface area contributed by atoms with Crippen LogP contribution in [0.1, 0.15) is 23.6 Å². The Labute approximate surface area is 181 Å². The molecule has 3 rings (SSSR count). The van der Waals surface area contributed by atoms with Crippen molar-refractivity contribution >= 4 is 29.1 Å². The number of hydrogen-bond acceptors (Lipinski definition) is 5. The van der Waals surface area contributed by atoms with Crippen molar-refractivity contribution in [2.45, 2.75) is 12.5 Å². The third kappa shape index (κ3) is 4.50. The highest BCUT2D eigenvalue weighted by molar-refractivity contribution is 6.46. The van der Waals surface area contributed by atoms with E-state index >= 15 is 0 Å². The van der Waals surface area contributed by atoms with E-state index in [2.05, 4.69) is 0 Å². The molecule has 7 heteroatoms. The van der Waals surface area contributed by atoms with E-state index in [9.17, 15) is 14.7 Å². The van der Waals surface area contributed by atoms with Crippen LogP contribution >= 0.6 is 11.6 Å². The lowest BCUT2D eigenvalue weighted by atomic mass is 9.95. The second-order valence-electron chi connectivity index (χ2n) is 7.43. The number of ether oxygens (including phenoxy) is 1. The third-order valence-electron chi connectivity index (χ3n) is 5.07. The maximum absolute atomic E-state index is 13.0. The lowest BCUT2D eigenvalue weighted by molar-refractivity contribution is -0.139. The lowest BCUT2D eigenvalue weighted by Gasteiger charge is -2.26. The van der Waals surface area contributed by atoms with E-state index in [0.29, 0.717) is 34.9 Å². The molecular formula is C23H25ClN2O4. The molecule has 158 valence electrons. The Bertz CT molecular complexity index is 969. The Morgan fingerprint density at radius 2 is 1.87 bits per heavy atom. The molecule has 1 aliphatic rings. The van der Waals surface area contributed by atoms with Gasteiger partial charge in [-0.15, -0.1) is 0 Å². The average molecular weight is 429 g/mol. The van der Waals surface area contributed by atoms with E-state index < -0.39 is 17.7 Å². The van der Waals surface area contributed by atoms with Crippen molar-refractivity contribution in [3.63, 3.8) is 0 Å². The number of methoxy groups -OCH3 is 1. The van der Waals surface area contributed by atoms with Crippen molar-refractivity contribution in [1.29, 1.82) is 0 Å². The van der Waals surface area contributed by atoms with E-state index in [1.165, 1.54) is 12.0 Å². The molecule has 0 saturated carbocycles. The summed E-state index contributed by atoms with van der Waals surface area (Å²) in [5.41, 5.74) is 1.20. The van der Waals surface area contributed by atoms with Crippen molar-refractivity contribution in [3.8, 4) is 5.75 Å². The monoisotopic (exact) mass is 428 g/mol. The van der Waals surface area contributed by atoms with E-state index in [-0.39, 0.29) is 11.3 Å². The highest BCUT2D eigenvalue weighted by Crippen LogP contribution is 2.40. The molecule has 1 atom stereocenters. The number of benzene rings is 2. The molecule has 0 spiro atoms. The number of halogens is 1. The van der Waals surface area contributed by atoms with E-state index in [0.717, 1.165) is 6.54 Å². The number of carbonyl (C=O) groups is 2. The normalized spacial score (nSPS) is 18.3. The number of aliphatic hydroxyl groups excluding tert-OH is 1. The number of aliphatic hydroxyl groups is 1. The Morgan fingerprint density at radius 3 is 2.50 bits per heavy atom. The van der Waals surface area contributed by atoms with E-state index in [4.69, 9.17) is 16.3 Å². The molecule has 1 heterocycles. The van der Waals surface area contributed by atoms with Gasteiger partial charge in [-0.05, 0) is 56.9 Å². The fourth-order valence-corrected chi connectivity index (χ4v) is 3.71. The van der Waals surface area contributed by atoms with Crippen molar-refractivity contribution in [2.75, 3.05) is 34.3 Å². The zero-order valence-electron chi connectivity index (χ0n) is 17.3. The molecule has 2 aromatic rings. The molecule has 6 nitrogen and oxygen atoms in total. The average Bonchev–Trinajstić information content (AvgIpc) is 2.98. The fourth-order valence-electron chi connectivity index (χ4n) is 3.59. The van der Waals surface area contributed by atoms with Crippen molar-refractivity contribution in [1.82, 2.24) is 9.80 Å². The molecule has 1 saturated heterocycles. The summed E-state index contributed by atoms with van der Waals surface area (Å²) < 4.78 is 5.22. The number of ketones is 1. The molecule has 0 aromatic heterocycles. The van der Waals surface area contributed by atoms with Gasteiger partial charge in [0.05, 0.1) is 18.7 Å². The van der Waals surface area contributed by atoms with Crippen LogP contribution in [0.4, 0.5) is 0 Å². The minimum Gasteiger partial charge on any atom is -0.507 e. The predicted octanol–water partition coefficient (Wildman–Crippen LogP) is 3.72. The van der Waals surface area contributed by atoms with Crippen LogP contribution in [0, 0.1) is 0 Å². The summed E-state index contributed by atoms with van der Waals surface area (Å²) in [5, 5.41) is 11.6. The summed E-state index contributed by atoms with van der Waals surface area (Å²) in [6.45, 7) is 1.16. The SMILES string of the molecule is COc1cccc(C(O)=C2C(=O)C(=O)N(CCCN(C)C)[C@H]2c2ccc(Cl)cc2)c1. The second-order valence-corrected chi connectivity index (χ2v) is 7.87. The topological polar surface area (TPSA) is 70.1 Å². The van der Waals surface area contributed by atoms with Gasteiger partial charge in [0.1, 0.15) is 11.5 Å². The van der Waals surface area contributed by atoms with Crippen LogP contribution < -0.4 is 4.74 Å². The Hall–Kier alpha value is -2.83. The van der Waals surface area contributed by atoms with Gasteiger partial charge in [-0.3, -0.25) is 9.59 Å². The third-order valence-corrected chi connectivity index (χ3v) is 5.33. The minimum atomic E-state index is -0.694. The number of amides is 1. The standard InChI is InChI=1S/C23H25ClN2O4/c1-25(2)12-5-13-26-20(15-8-10-17(24)11-9-15)19(22(28)23(26)29)21(27)16-6-4-7-18(14-16)30-3/h4,6-11,14,20,27H,5,12-13H2,1-3H3/t20-/m0/s1. The summed E-state index contributed by atoms with van der Waals surface area (Å²) in [4.78, 5) is 29.4. The highest BCUT2D eigenvalue weighted by Gasteiger charge is 2.45. The van der Waals surface area contributed by atoms with Gasteiger partial charge >= 0.3 is 0 Å². The summed E-state index contributed by atoms with van der Waals surface area (Å²) in [7, 11) is 5.43. The number of hydrogen-bond donors (Lipinski definition) is 1. The number of carbonyl (C=O) groups excluding carboxylic acids is 2.